The molecular formula is C16H29N3O. The maximum atomic E-state index is 11.0. The average molecular weight is 279 g/mol. The lowest BCUT2D eigenvalue weighted by Gasteiger charge is -2.39. The van der Waals surface area contributed by atoms with Crippen molar-refractivity contribution in [2.24, 2.45) is 5.92 Å². The Morgan fingerprint density at radius 1 is 1.45 bits per heavy atom. The summed E-state index contributed by atoms with van der Waals surface area (Å²) in [5.74, 6) is 0.328. The predicted octanol–water partition coefficient (Wildman–Crippen LogP) is 2.54. The maximum Gasteiger partial charge on any atom is 0.0755 e. The van der Waals surface area contributed by atoms with Crippen LogP contribution in [0.5, 0.6) is 0 Å². The van der Waals surface area contributed by atoms with Gasteiger partial charge in [-0.05, 0) is 38.3 Å². The highest BCUT2D eigenvalue weighted by atomic mass is 16.3. The van der Waals surface area contributed by atoms with Crippen molar-refractivity contribution in [3.63, 3.8) is 0 Å². The number of aromatic nitrogens is 2. The number of hydrogen-bond donors (Lipinski definition) is 2. The summed E-state index contributed by atoms with van der Waals surface area (Å²) in [5, 5.41) is 19.0. The molecule has 0 spiro atoms. The Kier molecular flexibility index (Phi) is 5.22. The van der Waals surface area contributed by atoms with Crippen LogP contribution in [0, 0.1) is 5.92 Å². The summed E-state index contributed by atoms with van der Waals surface area (Å²) in [6.07, 6.45) is 6.78. The van der Waals surface area contributed by atoms with Gasteiger partial charge >= 0.3 is 0 Å². The van der Waals surface area contributed by atoms with E-state index >= 15 is 0 Å². The van der Waals surface area contributed by atoms with Crippen LogP contribution in [0.1, 0.15) is 58.2 Å². The Bertz CT molecular complexity index is 414. The predicted molar refractivity (Wildman–Crippen MR) is 81.8 cm³/mol. The molecule has 114 valence electrons. The van der Waals surface area contributed by atoms with Crippen LogP contribution in [0.2, 0.25) is 0 Å². The zero-order valence-electron chi connectivity index (χ0n) is 13.1. The van der Waals surface area contributed by atoms with Crippen molar-refractivity contribution < 1.29 is 5.11 Å². The van der Waals surface area contributed by atoms with E-state index in [1.807, 2.05) is 0 Å². The van der Waals surface area contributed by atoms with E-state index in [-0.39, 0.29) is 0 Å². The molecular weight excluding hydrogens is 250 g/mol. The Morgan fingerprint density at radius 3 is 2.85 bits per heavy atom. The third-order valence-electron chi connectivity index (χ3n) is 4.85. The Balaban J connectivity index is 2.08. The van der Waals surface area contributed by atoms with E-state index in [9.17, 15) is 5.11 Å². The van der Waals surface area contributed by atoms with Gasteiger partial charge in [0.1, 0.15) is 0 Å². The Morgan fingerprint density at radius 2 is 2.20 bits per heavy atom. The van der Waals surface area contributed by atoms with Crippen molar-refractivity contribution in [1.29, 1.82) is 0 Å². The highest BCUT2D eigenvalue weighted by Crippen LogP contribution is 2.30. The number of nitrogens with one attached hydrogen (secondary N) is 1. The van der Waals surface area contributed by atoms with Crippen molar-refractivity contribution in [3.8, 4) is 0 Å². The van der Waals surface area contributed by atoms with Gasteiger partial charge in [0, 0.05) is 25.1 Å². The van der Waals surface area contributed by atoms with Gasteiger partial charge in [-0.2, -0.15) is 5.10 Å². The molecule has 2 rings (SSSR count). The third kappa shape index (κ3) is 3.23. The lowest BCUT2D eigenvalue weighted by Crippen LogP contribution is -2.51. The van der Waals surface area contributed by atoms with Gasteiger partial charge in [0.15, 0.2) is 0 Å². The highest BCUT2D eigenvalue weighted by Gasteiger charge is 2.38. The van der Waals surface area contributed by atoms with E-state index in [1.165, 1.54) is 0 Å². The summed E-state index contributed by atoms with van der Waals surface area (Å²) in [6, 6.07) is 2.55. The first kappa shape index (κ1) is 15.5. The SMILES string of the molecule is CCC(CC)n1ccc(CC2(O)CCNCC2CC)n1. The topological polar surface area (TPSA) is 50.1 Å². The van der Waals surface area contributed by atoms with Crippen molar-refractivity contribution in [2.45, 2.75) is 64.5 Å². The number of piperidine rings is 1. The first-order valence-electron chi connectivity index (χ1n) is 8.10. The van der Waals surface area contributed by atoms with Crippen LogP contribution in [0.15, 0.2) is 12.3 Å². The van der Waals surface area contributed by atoms with E-state index in [0.717, 1.165) is 44.5 Å². The third-order valence-corrected chi connectivity index (χ3v) is 4.85. The summed E-state index contributed by atoms with van der Waals surface area (Å²) in [7, 11) is 0. The fourth-order valence-corrected chi connectivity index (χ4v) is 3.38. The van der Waals surface area contributed by atoms with E-state index in [1.54, 1.807) is 0 Å². The molecule has 1 aromatic heterocycles. The molecule has 4 nitrogen and oxygen atoms in total. The van der Waals surface area contributed by atoms with Crippen molar-refractivity contribution >= 4 is 0 Å². The van der Waals surface area contributed by atoms with Gasteiger partial charge in [0.25, 0.3) is 0 Å². The molecule has 0 aliphatic carbocycles. The van der Waals surface area contributed by atoms with E-state index < -0.39 is 5.60 Å². The fraction of sp³-hybridized carbons (Fsp3) is 0.812. The van der Waals surface area contributed by atoms with E-state index in [0.29, 0.717) is 18.4 Å². The summed E-state index contributed by atoms with van der Waals surface area (Å²) in [5.41, 5.74) is 0.437. The molecule has 2 atom stereocenters. The molecule has 1 aromatic rings. The molecule has 2 N–H and O–H groups in total. The van der Waals surface area contributed by atoms with Gasteiger partial charge in [-0.3, -0.25) is 4.68 Å². The van der Waals surface area contributed by atoms with Crippen LogP contribution < -0.4 is 5.32 Å². The molecule has 1 aliphatic heterocycles. The number of hydrogen-bond acceptors (Lipinski definition) is 3. The average Bonchev–Trinajstić information content (AvgIpc) is 2.88. The second-order valence-electron chi connectivity index (χ2n) is 6.10. The molecule has 0 bridgehead atoms. The van der Waals surface area contributed by atoms with E-state index in [4.69, 9.17) is 5.10 Å². The second-order valence-corrected chi connectivity index (χ2v) is 6.10. The van der Waals surface area contributed by atoms with Crippen molar-refractivity contribution in [1.82, 2.24) is 15.1 Å². The summed E-state index contributed by atoms with van der Waals surface area (Å²) < 4.78 is 2.07. The van der Waals surface area contributed by atoms with Gasteiger partial charge < -0.3 is 10.4 Å². The molecule has 4 heteroatoms. The lowest BCUT2D eigenvalue weighted by atomic mass is 9.77. The standard InChI is InChI=1S/C16H29N3O/c1-4-13-12-17-9-8-16(13,20)11-14-7-10-19(18-14)15(5-2)6-3/h7,10,13,15,17,20H,4-6,8-9,11-12H2,1-3H3. The first-order chi connectivity index (χ1) is 9.62. The number of aliphatic hydroxyl groups is 1. The smallest absolute Gasteiger partial charge is 0.0755 e. The van der Waals surface area contributed by atoms with Crippen LogP contribution in [-0.4, -0.2) is 33.6 Å². The minimum Gasteiger partial charge on any atom is -0.389 e. The van der Waals surface area contributed by atoms with Gasteiger partial charge in [0.05, 0.1) is 17.3 Å². The monoisotopic (exact) mass is 279 g/mol. The van der Waals surface area contributed by atoms with Crippen LogP contribution in [-0.2, 0) is 6.42 Å². The molecule has 2 heterocycles. The normalized spacial score (nSPS) is 27.1. The molecule has 1 aliphatic rings. The van der Waals surface area contributed by atoms with Gasteiger partial charge in [-0.25, -0.2) is 0 Å². The molecule has 1 fully saturated rings. The highest BCUT2D eigenvalue weighted by molar-refractivity contribution is 5.07. The zero-order valence-corrected chi connectivity index (χ0v) is 13.1. The molecule has 2 unspecified atom stereocenters. The minimum absolute atomic E-state index is 0.328. The van der Waals surface area contributed by atoms with Crippen LogP contribution >= 0.6 is 0 Å². The quantitative estimate of drug-likeness (QED) is 0.841. The Labute approximate surface area is 122 Å². The van der Waals surface area contributed by atoms with Gasteiger partial charge in [0.2, 0.25) is 0 Å². The van der Waals surface area contributed by atoms with E-state index in [2.05, 4.69) is 43.0 Å². The van der Waals surface area contributed by atoms with Crippen molar-refractivity contribution in [2.75, 3.05) is 13.1 Å². The minimum atomic E-state index is -0.590. The molecule has 0 aromatic carbocycles. The van der Waals surface area contributed by atoms with Gasteiger partial charge in [-0.1, -0.05) is 20.8 Å². The van der Waals surface area contributed by atoms with Gasteiger partial charge in [-0.15, -0.1) is 0 Å². The maximum absolute atomic E-state index is 11.0. The fourth-order valence-electron chi connectivity index (χ4n) is 3.38. The summed E-state index contributed by atoms with van der Waals surface area (Å²) >= 11 is 0. The van der Waals surface area contributed by atoms with Crippen molar-refractivity contribution in [3.05, 3.63) is 18.0 Å². The summed E-state index contributed by atoms with van der Waals surface area (Å²) in [4.78, 5) is 0. The van der Waals surface area contributed by atoms with Crippen LogP contribution in [0.25, 0.3) is 0 Å². The van der Waals surface area contributed by atoms with Crippen LogP contribution in [0.4, 0.5) is 0 Å². The molecule has 20 heavy (non-hydrogen) atoms. The van der Waals surface area contributed by atoms with Crippen LogP contribution in [0.3, 0.4) is 0 Å². The first-order valence-corrected chi connectivity index (χ1v) is 8.10. The molecule has 1 saturated heterocycles. The molecule has 0 saturated carbocycles. The largest absolute Gasteiger partial charge is 0.389 e. The zero-order chi connectivity index (χ0) is 14.6. The Hall–Kier alpha value is -0.870. The molecule has 0 radical (unpaired) electrons. The summed E-state index contributed by atoms with van der Waals surface area (Å²) in [6.45, 7) is 8.37. The lowest BCUT2D eigenvalue weighted by molar-refractivity contribution is -0.0422. The molecule has 0 amide bonds. The number of rotatable bonds is 6. The second kappa shape index (κ2) is 6.72. The number of nitrogens with zero attached hydrogens (tertiary/aromatic N) is 2.